The molecule has 2 aromatic carbocycles. The van der Waals surface area contributed by atoms with Crippen molar-refractivity contribution in [3.63, 3.8) is 0 Å². The summed E-state index contributed by atoms with van der Waals surface area (Å²) in [6.07, 6.45) is 0. The molecule has 0 bridgehead atoms. The first kappa shape index (κ1) is 14.5. The van der Waals surface area contributed by atoms with Gasteiger partial charge in [-0.2, -0.15) is 0 Å². The fourth-order valence-electron chi connectivity index (χ4n) is 1.60. The van der Waals surface area contributed by atoms with E-state index in [1.54, 1.807) is 30.3 Å². The number of Topliss-reactive ketones (excluding diaryl/α,β-unsaturated/α-hetero) is 1. The van der Waals surface area contributed by atoms with E-state index in [4.69, 9.17) is 9.94 Å². The van der Waals surface area contributed by atoms with Crippen LogP contribution >= 0.6 is 0 Å². The van der Waals surface area contributed by atoms with Gasteiger partial charge in [-0.3, -0.25) is 4.79 Å². The van der Waals surface area contributed by atoms with E-state index in [1.165, 1.54) is 31.2 Å². The lowest BCUT2D eigenvalue weighted by atomic mass is 10.1. The van der Waals surface area contributed by atoms with Gasteiger partial charge in [0.1, 0.15) is 11.5 Å². The molecule has 0 radical (unpaired) electrons. The van der Waals surface area contributed by atoms with E-state index in [-0.39, 0.29) is 17.2 Å². The number of carbonyl (C=O) groups excluding carboxylic acids is 2. The molecule has 0 unspecified atom stereocenters. The smallest absolute Gasteiger partial charge is 0.365 e. The Balaban J connectivity index is 2.05. The molecule has 0 spiro atoms. The molecular formula is C16H13NO4. The molecule has 0 aliphatic carbocycles. The molecular weight excluding hydrogens is 270 g/mol. The number of hydrogen-bond acceptors (Lipinski definition) is 5. The van der Waals surface area contributed by atoms with Crippen LogP contribution in [-0.4, -0.2) is 22.6 Å². The number of aromatic hydroxyl groups is 1. The molecule has 5 nitrogen and oxygen atoms in total. The molecule has 0 aliphatic heterocycles. The summed E-state index contributed by atoms with van der Waals surface area (Å²) < 4.78 is 0. The minimum atomic E-state index is -0.631. The van der Waals surface area contributed by atoms with Crippen molar-refractivity contribution in [3.8, 4) is 5.75 Å². The Morgan fingerprint density at radius 2 is 1.57 bits per heavy atom. The number of phenols is 1. The Labute approximate surface area is 121 Å². The third-order valence-corrected chi connectivity index (χ3v) is 2.73. The van der Waals surface area contributed by atoms with Crippen LogP contribution in [0.1, 0.15) is 27.6 Å². The predicted molar refractivity (Wildman–Crippen MR) is 77.4 cm³/mol. The van der Waals surface area contributed by atoms with Crippen molar-refractivity contribution in [2.75, 3.05) is 0 Å². The number of carbonyl (C=O) groups is 2. The first-order valence-electron chi connectivity index (χ1n) is 6.22. The molecule has 21 heavy (non-hydrogen) atoms. The summed E-state index contributed by atoms with van der Waals surface area (Å²) in [4.78, 5) is 28.4. The van der Waals surface area contributed by atoms with E-state index in [1.807, 2.05) is 0 Å². The zero-order valence-electron chi connectivity index (χ0n) is 11.3. The molecule has 0 saturated carbocycles. The average Bonchev–Trinajstić information content (AvgIpc) is 2.53. The van der Waals surface area contributed by atoms with Crippen molar-refractivity contribution < 1.29 is 19.5 Å². The molecule has 0 heterocycles. The minimum Gasteiger partial charge on any atom is -0.508 e. The van der Waals surface area contributed by atoms with Crippen LogP contribution in [0.25, 0.3) is 0 Å². The van der Waals surface area contributed by atoms with Gasteiger partial charge in [-0.05, 0) is 43.3 Å². The van der Waals surface area contributed by atoms with Gasteiger partial charge in [0.15, 0.2) is 0 Å². The monoisotopic (exact) mass is 283 g/mol. The summed E-state index contributed by atoms with van der Waals surface area (Å²) in [5.74, 6) is -0.944. The van der Waals surface area contributed by atoms with Gasteiger partial charge in [-0.25, -0.2) is 4.79 Å². The molecule has 5 heteroatoms. The van der Waals surface area contributed by atoms with Gasteiger partial charge in [0, 0.05) is 5.56 Å². The summed E-state index contributed by atoms with van der Waals surface area (Å²) in [6, 6.07) is 14.1. The Morgan fingerprint density at radius 1 is 0.952 bits per heavy atom. The van der Waals surface area contributed by atoms with Gasteiger partial charge < -0.3 is 9.94 Å². The van der Waals surface area contributed by atoms with Gasteiger partial charge in [0.25, 0.3) is 0 Å². The Hall–Kier alpha value is -2.95. The lowest BCUT2D eigenvalue weighted by Crippen LogP contribution is -2.12. The predicted octanol–water partition coefficient (Wildman–Crippen LogP) is 2.81. The number of nitrogens with zero attached hydrogens (tertiary/aromatic N) is 1. The largest absolute Gasteiger partial charge is 0.508 e. The second kappa shape index (κ2) is 6.47. The summed E-state index contributed by atoms with van der Waals surface area (Å²) in [7, 11) is 0. The highest BCUT2D eigenvalue weighted by Crippen LogP contribution is 2.11. The maximum absolute atomic E-state index is 12.0. The van der Waals surface area contributed by atoms with Gasteiger partial charge in [0.05, 0.1) is 5.56 Å². The van der Waals surface area contributed by atoms with Crippen LogP contribution in [0.2, 0.25) is 0 Å². The number of rotatable bonds is 4. The zero-order valence-corrected chi connectivity index (χ0v) is 11.3. The first-order chi connectivity index (χ1) is 10.1. The molecule has 0 aromatic heterocycles. The van der Waals surface area contributed by atoms with Crippen LogP contribution in [0.4, 0.5) is 0 Å². The fraction of sp³-hybridized carbons (Fsp3) is 0.0625. The highest BCUT2D eigenvalue weighted by atomic mass is 16.7. The molecule has 2 rings (SSSR count). The molecule has 1 N–H and O–H groups in total. The molecule has 0 atom stereocenters. The van der Waals surface area contributed by atoms with E-state index >= 15 is 0 Å². The number of oxime groups is 1. The minimum absolute atomic E-state index is 0.0463. The highest BCUT2D eigenvalue weighted by Gasteiger charge is 2.12. The van der Waals surface area contributed by atoms with E-state index in [0.29, 0.717) is 11.1 Å². The van der Waals surface area contributed by atoms with Crippen LogP contribution in [0.15, 0.2) is 59.8 Å². The van der Waals surface area contributed by atoms with Gasteiger partial charge in [-0.1, -0.05) is 23.4 Å². The normalized spacial score (nSPS) is 11.0. The van der Waals surface area contributed by atoms with Crippen LogP contribution < -0.4 is 0 Å². The third kappa shape index (κ3) is 3.76. The van der Waals surface area contributed by atoms with Gasteiger partial charge >= 0.3 is 5.97 Å². The van der Waals surface area contributed by atoms with E-state index in [9.17, 15) is 9.59 Å². The number of ketones is 1. The van der Waals surface area contributed by atoms with Crippen LogP contribution in [0.5, 0.6) is 5.75 Å². The summed E-state index contributed by atoms with van der Waals surface area (Å²) >= 11 is 0. The number of hydrogen-bond donors (Lipinski definition) is 1. The Kier molecular flexibility index (Phi) is 4.46. The lowest BCUT2D eigenvalue weighted by molar-refractivity contribution is 0.0515. The van der Waals surface area contributed by atoms with Crippen LogP contribution in [0.3, 0.4) is 0 Å². The number of benzene rings is 2. The quantitative estimate of drug-likeness (QED) is 0.405. The fourth-order valence-corrected chi connectivity index (χ4v) is 1.60. The molecule has 0 aliphatic rings. The van der Waals surface area contributed by atoms with Crippen molar-refractivity contribution in [1.82, 2.24) is 0 Å². The second-order valence-electron chi connectivity index (χ2n) is 4.30. The summed E-state index contributed by atoms with van der Waals surface area (Å²) in [5.41, 5.74) is 0.751. The highest BCUT2D eigenvalue weighted by molar-refractivity contribution is 6.45. The van der Waals surface area contributed by atoms with Crippen molar-refractivity contribution in [2.24, 2.45) is 5.16 Å². The maximum Gasteiger partial charge on any atom is 0.365 e. The average molecular weight is 283 g/mol. The standard InChI is InChI=1S/C16H13NO4/c1-11(15(19)12-7-9-14(18)10-8-12)17-21-16(20)13-5-3-2-4-6-13/h2-10,18H,1H3. The summed E-state index contributed by atoms with van der Waals surface area (Å²) in [5, 5.41) is 12.7. The first-order valence-corrected chi connectivity index (χ1v) is 6.22. The van der Waals surface area contributed by atoms with Crippen molar-refractivity contribution >= 4 is 17.5 Å². The SMILES string of the molecule is CC(=NOC(=O)c1ccccc1)C(=O)c1ccc(O)cc1. The Morgan fingerprint density at radius 3 is 2.19 bits per heavy atom. The maximum atomic E-state index is 12.0. The zero-order chi connectivity index (χ0) is 15.2. The molecule has 0 amide bonds. The summed E-state index contributed by atoms with van der Waals surface area (Å²) in [6.45, 7) is 1.45. The van der Waals surface area contributed by atoms with Crippen LogP contribution in [-0.2, 0) is 4.84 Å². The molecule has 0 saturated heterocycles. The Bertz CT molecular complexity index is 675. The lowest BCUT2D eigenvalue weighted by Gasteiger charge is -2.01. The molecule has 2 aromatic rings. The topological polar surface area (TPSA) is 76.0 Å². The van der Waals surface area contributed by atoms with Crippen LogP contribution in [0, 0.1) is 0 Å². The number of phenolic OH excluding ortho intramolecular Hbond substituents is 1. The van der Waals surface area contributed by atoms with Gasteiger partial charge in [0.2, 0.25) is 5.78 Å². The van der Waals surface area contributed by atoms with Gasteiger partial charge in [-0.15, -0.1) is 0 Å². The molecule has 106 valence electrons. The van der Waals surface area contributed by atoms with Crippen molar-refractivity contribution in [3.05, 3.63) is 65.7 Å². The van der Waals surface area contributed by atoms with E-state index < -0.39 is 5.97 Å². The van der Waals surface area contributed by atoms with Crippen molar-refractivity contribution in [2.45, 2.75) is 6.92 Å². The third-order valence-electron chi connectivity index (χ3n) is 2.73. The second-order valence-corrected chi connectivity index (χ2v) is 4.30. The van der Waals surface area contributed by atoms with E-state index in [0.717, 1.165) is 0 Å². The molecule has 0 fully saturated rings. The van der Waals surface area contributed by atoms with Crippen molar-refractivity contribution in [1.29, 1.82) is 0 Å². The van der Waals surface area contributed by atoms with E-state index in [2.05, 4.69) is 5.16 Å².